The number of nitrogens with zero attached hydrogens (tertiary/aromatic N) is 5. The van der Waals surface area contributed by atoms with E-state index in [-0.39, 0.29) is 12.6 Å². The van der Waals surface area contributed by atoms with Gasteiger partial charge in [0.1, 0.15) is 6.54 Å². The SMILES string of the molecule is COc1ccc2c(n1)c1c(n2CC(=O)O)CCC(N(C)c2ncc(Cl)cn2)C1. The molecule has 0 saturated carbocycles. The second kappa shape index (κ2) is 7.27. The smallest absolute Gasteiger partial charge is 0.323 e. The Bertz CT molecular complexity index is 1030. The number of aliphatic carboxylic acids is 1. The number of aromatic nitrogens is 4. The summed E-state index contributed by atoms with van der Waals surface area (Å²) in [4.78, 5) is 26.7. The summed E-state index contributed by atoms with van der Waals surface area (Å²) in [5.41, 5.74) is 3.71. The van der Waals surface area contributed by atoms with Crippen LogP contribution in [-0.2, 0) is 24.2 Å². The summed E-state index contributed by atoms with van der Waals surface area (Å²) in [5, 5.41) is 9.85. The number of halogens is 1. The number of ether oxygens (including phenoxy) is 1. The van der Waals surface area contributed by atoms with E-state index in [1.165, 1.54) is 0 Å². The minimum Gasteiger partial charge on any atom is -0.481 e. The molecular weight excluding hydrogens is 382 g/mol. The third-order valence-corrected chi connectivity index (χ3v) is 5.42. The maximum absolute atomic E-state index is 11.4. The standard InChI is InChI=1S/C19H20ClN5O3/c1-24(19-21-8-11(20)9-22-19)12-3-4-14-13(7-12)18-15(25(14)10-17(26)27)5-6-16(23-18)28-2/h5-6,8-9,12H,3-4,7,10H2,1-2H3,(H,26,27). The van der Waals surface area contributed by atoms with Crippen LogP contribution in [0.1, 0.15) is 17.7 Å². The number of fused-ring (bicyclic) bond motifs is 3. The van der Waals surface area contributed by atoms with Crippen molar-refractivity contribution >= 4 is 34.6 Å². The van der Waals surface area contributed by atoms with Gasteiger partial charge in [-0.2, -0.15) is 0 Å². The Labute approximate surface area is 166 Å². The summed E-state index contributed by atoms with van der Waals surface area (Å²) in [6, 6.07) is 3.81. The highest BCUT2D eigenvalue weighted by Gasteiger charge is 2.30. The van der Waals surface area contributed by atoms with Crippen molar-refractivity contribution in [3.63, 3.8) is 0 Å². The topological polar surface area (TPSA) is 93.4 Å². The average Bonchev–Trinajstić information content (AvgIpc) is 3.00. The molecule has 1 aliphatic rings. The second-order valence-corrected chi connectivity index (χ2v) is 7.27. The van der Waals surface area contributed by atoms with Gasteiger partial charge in [-0.25, -0.2) is 15.0 Å². The van der Waals surface area contributed by atoms with Gasteiger partial charge in [0.25, 0.3) is 0 Å². The van der Waals surface area contributed by atoms with Gasteiger partial charge in [-0.1, -0.05) is 11.6 Å². The van der Waals surface area contributed by atoms with Gasteiger partial charge in [-0.15, -0.1) is 0 Å². The fraction of sp³-hybridized carbons (Fsp3) is 0.368. The molecule has 28 heavy (non-hydrogen) atoms. The molecule has 3 aromatic rings. The van der Waals surface area contributed by atoms with Crippen molar-refractivity contribution in [3.05, 3.63) is 40.8 Å². The molecule has 1 N–H and O–H groups in total. The summed E-state index contributed by atoms with van der Waals surface area (Å²) in [5.74, 6) is 0.251. The van der Waals surface area contributed by atoms with Gasteiger partial charge in [-0.3, -0.25) is 4.79 Å². The molecule has 0 saturated heterocycles. The van der Waals surface area contributed by atoms with E-state index in [9.17, 15) is 9.90 Å². The zero-order valence-electron chi connectivity index (χ0n) is 15.6. The quantitative estimate of drug-likeness (QED) is 0.702. The fourth-order valence-corrected chi connectivity index (χ4v) is 3.97. The van der Waals surface area contributed by atoms with Crippen molar-refractivity contribution in [2.45, 2.75) is 31.8 Å². The Balaban J connectivity index is 1.74. The minimum atomic E-state index is -0.871. The van der Waals surface area contributed by atoms with E-state index in [0.717, 1.165) is 41.6 Å². The number of likely N-dealkylation sites (N-methyl/N-ethyl adjacent to an activating group) is 1. The van der Waals surface area contributed by atoms with Crippen LogP contribution in [0.5, 0.6) is 5.88 Å². The van der Waals surface area contributed by atoms with Crippen molar-refractivity contribution in [2.24, 2.45) is 0 Å². The highest BCUT2D eigenvalue weighted by Crippen LogP contribution is 2.34. The van der Waals surface area contributed by atoms with E-state index in [1.54, 1.807) is 25.6 Å². The van der Waals surface area contributed by atoms with Crippen LogP contribution in [0.4, 0.5) is 5.95 Å². The minimum absolute atomic E-state index is 0.0827. The predicted octanol–water partition coefficient (Wildman–Crippen LogP) is 2.57. The van der Waals surface area contributed by atoms with Crippen LogP contribution in [0.2, 0.25) is 5.02 Å². The van der Waals surface area contributed by atoms with Gasteiger partial charge in [0, 0.05) is 30.4 Å². The Morgan fingerprint density at radius 2 is 2.14 bits per heavy atom. The maximum Gasteiger partial charge on any atom is 0.323 e. The molecule has 0 bridgehead atoms. The maximum atomic E-state index is 11.4. The molecule has 9 heteroatoms. The highest BCUT2D eigenvalue weighted by molar-refractivity contribution is 6.30. The van der Waals surface area contributed by atoms with Crippen molar-refractivity contribution in [2.75, 3.05) is 19.1 Å². The number of pyridine rings is 1. The third-order valence-electron chi connectivity index (χ3n) is 5.23. The lowest BCUT2D eigenvalue weighted by Crippen LogP contribution is -2.37. The summed E-state index contributed by atoms with van der Waals surface area (Å²) in [7, 11) is 3.53. The second-order valence-electron chi connectivity index (χ2n) is 6.84. The molecule has 3 aromatic heterocycles. The molecule has 1 unspecified atom stereocenters. The lowest BCUT2D eigenvalue weighted by atomic mass is 9.91. The third kappa shape index (κ3) is 3.24. The Morgan fingerprint density at radius 1 is 1.39 bits per heavy atom. The van der Waals surface area contributed by atoms with Gasteiger partial charge in [0.2, 0.25) is 11.8 Å². The molecule has 146 valence electrons. The normalized spacial score (nSPS) is 16.0. The van der Waals surface area contributed by atoms with Crippen molar-refractivity contribution in [1.29, 1.82) is 0 Å². The number of methoxy groups -OCH3 is 1. The summed E-state index contributed by atoms with van der Waals surface area (Å²) < 4.78 is 7.13. The van der Waals surface area contributed by atoms with E-state index >= 15 is 0 Å². The van der Waals surface area contributed by atoms with Gasteiger partial charge in [-0.05, 0) is 25.3 Å². The molecule has 0 fully saturated rings. The lowest BCUT2D eigenvalue weighted by Gasteiger charge is -2.31. The molecule has 4 rings (SSSR count). The van der Waals surface area contributed by atoms with Gasteiger partial charge in [0.05, 0.1) is 35.6 Å². The first-order chi connectivity index (χ1) is 13.5. The Hall–Kier alpha value is -2.87. The Morgan fingerprint density at radius 3 is 2.82 bits per heavy atom. The van der Waals surface area contributed by atoms with E-state index in [0.29, 0.717) is 16.9 Å². The number of carboxylic acid groups (broad SMARTS) is 1. The molecule has 0 spiro atoms. The number of anilines is 1. The van der Waals surface area contributed by atoms with Crippen LogP contribution >= 0.6 is 11.6 Å². The van der Waals surface area contributed by atoms with Crippen molar-refractivity contribution < 1.29 is 14.6 Å². The number of carbonyl (C=O) groups is 1. The number of hydrogen-bond acceptors (Lipinski definition) is 6. The Kier molecular flexibility index (Phi) is 4.80. The van der Waals surface area contributed by atoms with Crippen LogP contribution in [0.15, 0.2) is 24.5 Å². The van der Waals surface area contributed by atoms with E-state index < -0.39 is 5.97 Å². The van der Waals surface area contributed by atoms with Gasteiger partial charge >= 0.3 is 5.97 Å². The molecule has 0 aliphatic heterocycles. The first kappa shape index (κ1) is 18.5. The highest BCUT2D eigenvalue weighted by atomic mass is 35.5. The van der Waals surface area contributed by atoms with Crippen LogP contribution in [0, 0.1) is 0 Å². The largest absolute Gasteiger partial charge is 0.481 e. The van der Waals surface area contributed by atoms with Crippen LogP contribution < -0.4 is 9.64 Å². The first-order valence-electron chi connectivity index (χ1n) is 8.95. The number of carboxylic acids is 1. The lowest BCUT2D eigenvalue weighted by molar-refractivity contribution is -0.137. The average molecular weight is 402 g/mol. The summed E-state index contributed by atoms with van der Waals surface area (Å²) >= 11 is 5.89. The van der Waals surface area contributed by atoms with Crippen molar-refractivity contribution in [3.8, 4) is 5.88 Å². The molecule has 0 aromatic carbocycles. The molecule has 8 nitrogen and oxygen atoms in total. The number of hydrogen-bond donors (Lipinski definition) is 1. The van der Waals surface area contributed by atoms with Crippen LogP contribution in [0.3, 0.4) is 0 Å². The van der Waals surface area contributed by atoms with Crippen molar-refractivity contribution in [1.82, 2.24) is 19.5 Å². The van der Waals surface area contributed by atoms with E-state index in [4.69, 9.17) is 16.3 Å². The molecular formula is C19H20ClN5O3. The zero-order chi connectivity index (χ0) is 19.8. The van der Waals surface area contributed by atoms with E-state index in [2.05, 4.69) is 15.0 Å². The van der Waals surface area contributed by atoms with Gasteiger partial charge in [0.15, 0.2) is 0 Å². The summed E-state index contributed by atoms with van der Waals surface area (Å²) in [6.07, 6.45) is 5.51. The molecule has 1 atom stereocenters. The van der Waals surface area contributed by atoms with Crippen LogP contribution in [0.25, 0.3) is 11.0 Å². The zero-order valence-corrected chi connectivity index (χ0v) is 16.3. The van der Waals surface area contributed by atoms with Crippen LogP contribution in [-0.4, -0.2) is 50.8 Å². The molecule has 3 heterocycles. The first-order valence-corrected chi connectivity index (χ1v) is 9.33. The fourth-order valence-electron chi connectivity index (χ4n) is 3.87. The predicted molar refractivity (Wildman–Crippen MR) is 105 cm³/mol. The number of rotatable bonds is 5. The van der Waals surface area contributed by atoms with E-state index in [1.807, 2.05) is 22.6 Å². The molecule has 0 radical (unpaired) electrons. The monoisotopic (exact) mass is 401 g/mol. The molecule has 1 aliphatic carbocycles. The molecule has 0 amide bonds. The summed E-state index contributed by atoms with van der Waals surface area (Å²) in [6.45, 7) is -0.0827. The van der Waals surface area contributed by atoms with Gasteiger partial charge < -0.3 is 19.3 Å².